The number of halogens is 3. The summed E-state index contributed by atoms with van der Waals surface area (Å²) in [5, 5.41) is 9.93. The molecule has 0 saturated heterocycles. The average Bonchev–Trinajstić information content (AvgIpc) is 2.33. The van der Waals surface area contributed by atoms with E-state index in [1.54, 1.807) is 6.92 Å². The second kappa shape index (κ2) is 6.91. The Balaban J connectivity index is 2.68. The predicted octanol–water partition coefficient (Wildman–Crippen LogP) is 3.86. The zero-order valence-electron chi connectivity index (χ0n) is 11.1. The van der Waals surface area contributed by atoms with Gasteiger partial charge in [0, 0.05) is 19.6 Å². The molecule has 1 N–H and O–H groups in total. The molecule has 1 aromatic carbocycles. The smallest absolute Gasteiger partial charge is 0.388 e. The Bertz CT molecular complexity index is 402. The predicted molar refractivity (Wildman–Crippen MR) is 66.9 cm³/mol. The second-order valence-electron chi connectivity index (χ2n) is 4.49. The van der Waals surface area contributed by atoms with Gasteiger partial charge in [0.2, 0.25) is 0 Å². The normalized spacial score (nSPS) is 13.6. The van der Waals surface area contributed by atoms with Crippen LogP contribution < -0.4 is 0 Å². The molecule has 0 aliphatic carbocycles. The highest BCUT2D eigenvalue weighted by atomic mass is 19.4. The van der Waals surface area contributed by atoms with Gasteiger partial charge in [-0.2, -0.15) is 13.2 Å². The first-order valence-corrected chi connectivity index (χ1v) is 6.29. The molecule has 0 aromatic heterocycles. The van der Waals surface area contributed by atoms with Gasteiger partial charge in [-0.3, -0.25) is 0 Å². The first-order valence-electron chi connectivity index (χ1n) is 6.29. The van der Waals surface area contributed by atoms with E-state index in [0.29, 0.717) is 30.8 Å². The van der Waals surface area contributed by atoms with E-state index in [1.807, 2.05) is 6.92 Å². The summed E-state index contributed by atoms with van der Waals surface area (Å²) in [4.78, 5) is 0. The van der Waals surface area contributed by atoms with Gasteiger partial charge >= 0.3 is 6.18 Å². The van der Waals surface area contributed by atoms with Gasteiger partial charge < -0.3 is 9.84 Å². The Kier molecular flexibility index (Phi) is 5.82. The van der Waals surface area contributed by atoms with Crippen LogP contribution in [-0.2, 0) is 10.9 Å². The number of aliphatic hydroxyl groups excluding tert-OH is 1. The van der Waals surface area contributed by atoms with E-state index in [1.165, 1.54) is 6.07 Å². The van der Waals surface area contributed by atoms with Crippen LogP contribution in [0.3, 0.4) is 0 Å². The van der Waals surface area contributed by atoms with Crippen molar-refractivity contribution in [2.75, 3.05) is 13.2 Å². The molecule has 0 fully saturated rings. The fourth-order valence-electron chi connectivity index (χ4n) is 1.82. The summed E-state index contributed by atoms with van der Waals surface area (Å²) >= 11 is 0. The largest absolute Gasteiger partial charge is 0.416 e. The van der Waals surface area contributed by atoms with E-state index in [4.69, 9.17) is 4.74 Å². The number of benzene rings is 1. The van der Waals surface area contributed by atoms with E-state index in [0.717, 1.165) is 18.6 Å². The van der Waals surface area contributed by atoms with Crippen LogP contribution in [0, 0.1) is 6.92 Å². The zero-order valence-corrected chi connectivity index (χ0v) is 11.1. The molecule has 1 atom stereocenters. The quantitative estimate of drug-likeness (QED) is 0.799. The molecule has 1 unspecified atom stereocenters. The van der Waals surface area contributed by atoms with Crippen molar-refractivity contribution in [1.29, 1.82) is 0 Å². The lowest BCUT2D eigenvalue weighted by atomic mass is 9.99. The Morgan fingerprint density at radius 3 is 2.47 bits per heavy atom. The number of aliphatic hydroxyl groups is 1. The van der Waals surface area contributed by atoms with Gasteiger partial charge in [-0.15, -0.1) is 0 Å². The van der Waals surface area contributed by atoms with E-state index < -0.39 is 17.8 Å². The highest BCUT2D eigenvalue weighted by molar-refractivity contribution is 5.33. The summed E-state index contributed by atoms with van der Waals surface area (Å²) in [5.74, 6) is 0. The molecule has 2 nitrogen and oxygen atoms in total. The number of aryl methyl sites for hydroxylation is 1. The Morgan fingerprint density at radius 2 is 1.95 bits per heavy atom. The topological polar surface area (TPSA) is 29.5 Å². The molecule has 0 bridgehead atoms. The van der Waals surface area contributed by atoms with Crippen molar-refractivity contribution in [3.63, 3.8) is 0 Å². The molecule has 0 aliphatic rings. The first kappa shape index (κ1) is 16.0. The monoisotopic (exact) mass is 276 g/mol. The van der Waals surface area contributed by atoms with Crippen LogP contribution >= 0.6 is 0 Å². The summed E-state index contributed by atoms with van der Waals surface area (Å²) in [6.07, 6.45) is -3.86. The van der Waals surface area contributed by atoms with Crippen molar-refractivity contribution in [3.8, 4) is 0 Å². The number of rotatable bonds is 6. The summed E-state index contributed by atoms with van der Waals surface area (Å²) < 4.78 is 42.8. The van der Waals surface area contributed by atoms with E-state index in [9.17, 15) is 18.3 Å². The molecule has 0 amide bonds. The van der Waals surface area contributed by atoms with Crippen molar-refractivity contribution in [1.82, 2.24) is 0 Å². The van der Waals surface area contributed by atoms with Gasteiger partial charge in [0.15, 0.2) is 0 Å². The van der Waals surface area contributed by atoms with Crippen LogP contribution in [0.2, 0.25) is 0 Å². The molecule has 19 heavy (non-hydrogen) atoms. The number of hydrogen-bond acceptors (Lipinski definition) is 2. The van der Waals surface area contributed by atoms with E-state index in [2.05, 4.69) is 0 Å². The molecule has 5 heteroatoms. The van der Waals surface area contributed by atoms with E-state index in [-0.39, 0.29) is 0 Å². The summed E-state index contributed by atoms with van der Waals surface area (Å²) in [7, 11) is 0. The maximum absolute atomic E-state index is 12.5. The zero-order chi connectivity index (χ0) is 14.5. The molecule has 1 rings (SSSR count). The highest BCUT2D eigenvalue weighted by Crippen LogP contribution is 2.32. The minimum Gasteiger partial charge on any atom is -0.388 e. The molecular formula is C14H19F3O2. The second-order valence-corrected chi connectivity index (χ2v) is 4.49. The molecule has 0 spiro atoms. The number of hydrogen-bond donors (Lipinski definition) is 1. The lowest BCUT2D eigenvalue weighted by Gasteiger charge is -2.16. The fraction of sp³-hybridized carbons (Fsp3) is 0.571. The Morgan fingerprint density at radius 1 is 1.26 bits per heavy atom. The summed E-state index contributed by atoms with van der Waals surface area (Å²) in [6.45, 7) is 4.57. The molecule has 0 saturated carbocycles. The summed E-state index contributed by atoms with van der Waals surface area (Å²) in [5.41, 5.74) is 0.272. The van der Waals surface area contributed by atoms with Gasteiger partial charge in [0.05, 0.1) is 11.7 Å². The Hall–Kier alpha value is -1.07. The minimum absolute atomic E-state index is 0.381. The first-order chi connectivity index (χ1) is 8.86. The van der Waals surface area contributed by atoms with Crippen molar-refractivity contribution in [2.45, 2.75) is 39.0 Å². The van der Waals surface area contributed by atoms with Crippen LogP contribution in [-0.4, -0.2) is 18.3 Å². The standard InChI is InChI=1S/C14H19F3O2/c1-3-7-19-8-6-13(18)12-5-4-11(9-10(12)2)14(15,16)17/h4-5,9,13,18H,3,6-8H2,1-2H3. The maximum atomic E-state index is 12.5. The molecule has 0 radical (unpaired) electrons. The third-order valence-corrected chi connectivity index (χ3v) is 2.84. The van der Waals surface area contributed by atoms with Gasteiger partial charge in [-0.1, -0.05) is 13.0 Å². The van der Waals surface area contributed by atoms with Crippen LogP contribution in [0.1, 0.15) is 42.6 Å². The van der Waals surface area contributed by atoms with Crippen molar-refractivity contribution < 1.29 is 23.0 Å². The van der Waals surface area contributed by atoms with Gasteiger partial charge in [-0.25, -0.2) is 0 Å². The van der Waals surface area contributed by atoms with Gasteiger partial charge in [0.25, 0.3) is 0 Å². The summed E-state index contributed by atoms with van der Waals surface area (Å²) in [6, 6.07) is 3.40. The third-order valence-electron chi connectivity index (χ3n) is 2.84. The van der Waals surface area contributed by atoms with Crippen LogP contribution in [0.5, 0.6) is 0 Å². The minimum atomic E-state index is -4.35. The van der Waals surface area contributed by atoms with Crippen molar-refractivity contribution in [3.05, 3.63) is 34.9 Å². The van der Waals surface area contributed by atoms with Crippen LogP contribution in [0.15, 0.2) is 18.2 Å². The van der Waals surface area contributed by atoms with Crippen molar-refractivity contribution >= 4 is 0 Å². The van der Waals surface area contributed by atoms with E-state index >= 15 is 0 Å². The SMILES string of the molecule is CCCOCCC(O)c1ccc(C(F)(F)F)cc1C. The fourth-order valence-corrected chi connectivity index (χ4v) is 1.82. The van der Waals surface area contributed by atoms with Crippen LogP contribution in [0.25, 0.3) is 0 Å². The molecular weight excluding hydrogens is 257 g/mol. The number of ether oxygens (including phenoxy) is 1. The molecule has 0 heterocycles. The Labute approximate surface area is 111 Å². The maximum Gasteiger partial charge on any atom is 0.416 e. The van der Waals surface area contributed by atoms with Gasteiger partial charge in [-0.05, 0) is 36.6 Å². The third kappa shape index (κ3) is 4.84. The van der Waals surface area contributed by atoms with Crippen molar-refractivity contribution in [2.24, 2.45) is 0 Å². The highest BCUT2D eigenvalue weighted by Gasteiger charge is 2.30. The van der Waals surface area contributed by atoms with Gasteiger partial charge in [0.1, 0.15) is 0 Å². The average molecular weight is 276 g/mol. The lowest BCUT2D eigenvalue weighted by molar-refractivity contribution is -0.137. The molecule has 0 aliphatic heterocycles. The lowest BCUT2D eigenvalue weighted by Crippen LogP contribution is -2.09. The molecule has 1 aromatic rings. The number of alkyl halides is 3. The van der Waals surface area contributed by atoms with Crippen LogP contribution in [0.4, 0.5) is 13.2 Å². The molecule has 108 valence electrons.